The Morgan fingerprint density at radius 3 is 2.65 bits per heavy atom. The van der Waals surface area contributed by atoms with Gasteiger partial charge in [0.05, 0.1) is 18.8 Å². The zero-order chi connectivity index (χ0) is 16.3. The van der Waals surface area contributed by atoms with Gasteiger partial charge in [-0.15, -0.1) is 0 Å². The van der Waals surface area contributed by atoms with Gasteiger partial charge in [-0.05, 0) is 25.0 Å². The van der Waals surface area contributed by atoms with Crippen LogP contribution in [0, 0.1) is 0 Å². The lowest BCUT2D eigenvalue weighted by molar-refractivity contribution is -0.107. The molecule has 1 N–H and O–H groups in total. The zero-order valence-electron chi connectivity index (χ0n) is 13.2. The van der Waals surface area contributed by atoms with E-state index in [4.69, 9.17) is 9.84 Å². The monoisotopic (exact) mass is 318 g/mol. The highest BCUT2D eigenvalue weighted by molar-refractivity contribution is 5.96. The smallest absolute Gasteiger partial charge is 0.354 e. The predicted octanol–water partition coefficient (Wildman–Crippen LogP) is 2.35. The Balaban J connectivity index is 1.76. The van der Waals surface area contributed by atoms with Crippen LogP contribution in [0.1, 0.15) is 59.4 Å². The number of carbonyl (C=O) groups excluding carboxylic acids is 1. The Morgan fingerprint density at radius 2 is 1.96 bits per heavy atom. The number of hydrogen-bond acceptors (Lipinski definition) is 4. The number of hydrogen-bond donors (Lipinski definition) is 1. The van der Waals surface area contributed by atoms with Crippen molar-refractivity contribution in [3.05, 3.63) is 29.6 Å². The molecule has 1 aliphatic carbocycles. The maximum Gasteiger partial charge on any atom is 0.354 e. The molecule has 2 aliphatic rings. The van der Waals surface area contributed by atoms with Crippen molar-refractivity contribution in [2.45, 2.75) is 44.1 Å². The predicted molar refractivity (Wildman–Crippen MR) is 83.5 cm³/mol. The number of carboxylic acid groups (broad SMARTS) is 1. The summed E-state index contributed by atoms with van der Waals surface area (Å²) in [5.74, 6) is -1.26. The molecule has 0 radical (unpaired) electrons. The second kappa shape index (κ2) is 6.66. The molecule has 1 spiro atoms. The van der Waals surface area contributed by atoms with Gasteiger partial charge in [0.2, 0.25) is 0 Å². The van der Waals surface area contributed by atoms with Crippen LogP contribution in [0.3, 0.4) is 0 Å². The summed E-state index contributed by atoms with van der Waals surface area (Å²) in [5.41, 5.74) is 0.0592. The molecule has 23 heavy (non-hydrogen) atoms. The Bertz CT molecular complexity index is 594. The molecule has 0 bridgehead atoms. The summed E-state index contributed by atoms with van der Waals surface area (Å²) in [4.78, 5) is 29.3. The molecule has 1 saturated carbocycles. The van der Waals surface area contributed by atoms with Crippen molar-refractivity contribution in [3.63, 3.8) is 0 Å². The molecule has 1 aliphatic heterocycles. The number of carboxylic acids is 1. The van der Waals surface area contributed by atoms with Crippen molar-refractivity contribution in [3.8, 4) is 0 Å². The van der Waals surface area contributed by atoms with E-state index in [0.29, 0.717) is 25.3 Å². The maximum atomic E-state index is 12.7. The second-order valence-electron chi connectivity index (χ2n) is 6.41. The van der Waals surface area contributed by atoms with Crippen LogP contribution < -0.4 is 0 Å². The van der Waals surface area contributed by atoms with E-state index < -0.39 is 5.97 Å². The van der Waals surface area contributed by atoms with Crippen molar-refractivity contribution < 1.29 is 19.4 Å². The minimum Gasteiger partial charge on any atom is -0.477 e. The third-order valence-corrected chi connectivity index (χ3v) is 4.78. The first-order valence-corrected chi connectivity index (χ1v) is 8.22. The number of carbonyl (C=O) groups is 2. The van der Waals surface area contributed by atoms with E-state index in [1.165, 1.54) is 25.1 Å². The fourth-order valence-corrected chi connectivity index (χ4v) is 3.56. The summed E-state index contributed by atoms with van der Waals surface area (Å²) in [7, 11) is 0. The van der Waals surface area contributed by atoms with Crippen molar-refractivity contribution in [2.75, 3.05) is 19.7 Å². The van der Waals surface area contributed by atoms with E-state index in [-0.39, 0.29) is 17.2 Å². The van der Waals surface area contributed by atoms with Crippen LogP contribution in [0.5, 0.6) is 0 Å². The van der Waals surface area contributed by atoms with Crippen molar-refractivity contribution in [1.82, 2.24) is 9.88 Å². The van der Waals surface area contributed by atoms with Crippen molar-refractivity contribution in [1.29, 1.82) is 0 Å². The SMILES string of the molecule is O=C(O)c1cc(C(=O)N2CCOC3(CCCCCC3)C2)ccn1. The summed E-state index contributed by atoms with van der Waals surface area (Å²) in [5, 5.41) is 9.02. The van der Waals surface area contributed by atoms with E-state index in [9.17, 15) is 9.59 Å². The highest BCUT2D eigenvalue weighted by atomic mass is 16.5. The van der Waals surface area contributed by atoms with Gasteiger partial charge in [-0.2, -0.15) is 0 Å². The summed E-state index contributed by atoms with van der Waals surface area (Å²) < 4.78 is 6.06. The number of amides is 1. The molecular formula is C17H22N2O4. The molecule has 3 rings (SSSR count). The topological polar surface area (TPSA) is 79.7 Å². The standard InChI is InChI=1S/C17H22N2O4/c20-15(13-5-8-18-14(11-13)16(21)22)19-9-10-23-17(12-19)6-3-1-2-4-7-17/h5,8,11H,1-4,6-7,9-10,12H2,(H,21,22). The minimum atomic E-state index is -1.12. The summed E-state index contributed by atoms with van der Waals surface area (Å²) in [6, 6.07) is 2.92. The number of aromatic nitrogens is 1. The van der Waals surface area contributed by atoms with E-state index in [2.05, 4.69) is 4.98 Å². The molecule has 0 unspecified atom stereocenters. The van der Waals surface area contributed by atoms with Gasteiger partial charge in [-0.1, -0.05) is 25.7 Å². The number of ether oxygens (including phenoxy) is 1. The summed E-state index contributed by atoms with van der Waals surface area (Å²) in [6.07, 6.45) is 8.09. The van der Waals surface area contributed by atoms with Crippen LogP contribution in [0.25, 0.3) is 0 Å². The first kappa shape index (κ1) is 15.9. The fraction of sp³-hybridized carbons (Fsp3) is 0.588. The molecule has 124 valence electrons. The minimum absolute atomic E-state index is 0.103. The van der Waals surface area contributed by atoms with E-state index in [1.54, 1.807) is 11.0 Å². The Hall–Kier alpha value is -1.95. The molecule has 6 nitrogen and oxygen atoms in total. The van der Waals surface area contributed by atoms with Crippen molar-refractivity contribution in [2.24, 2.45) is 0 Å². The Morgan fingerprint density at radius 1 is 1.22 bits per heavy atom. The summed E-state index contributed by atoms with van der Waals surface area (Å²) in [6.45, 7) is 1.69. The number of pyridine rings is 1. The van der Waals surface area contributed by atoms with Gasteiger partial charge in [0.1, 0.15) is 5.69 Å². The van der Waals surface area contributed by atoms with Crippen molar-refractivity contribution >= 4 is 11.9 Å². The zero-order valence-corrected chi connectivity index (χ0v) is 13.2. The quantitative estimate of drug-likeness (QED) is 0.905. The number of rotatable bonds is 2. The summed E-state index contributed by atoms with van der Waals surface area (Å²) >= 11 is 0. The van der Waals surface area contributed by atoms with Gasteiger partial charge >= 0.3 is 5.97 Å². The first-order chi connectivity index (χ1) is 11.1. The average Bonchev–Trinajstić information content (AvgIpc) is 2.80. The Labute approximate surface area is 135 Å². The van der Waals surface area contributed by atoms with Crippen LogP contribution in [0.15, 0.2) is 18.3 Å². The molecule has 1 amide bonds. The second-order valence-corrected chi connectivity index (χ2v) is 6.41. The number of nitrogens with zero attached hydrogens (tertiary/aromatic N) is 2. The molecule has 1 saturated heterocycles. The molecule has 0 atom stereocenters. The lowest BCUT2D eigenvalue weighted by Gasteiger charge is -2.42. The highest BCUT2D eigenvalue weighted by Crippen LogP contribution is 2.33. The van der Waals surface area contributed by atoms with Crippen LogP contribution in [-0.2, 0) is 4.74 Å². The third-order valence-electron chi connectivity index (χ3n) is 4.78. The third kappa shape index (κ3) is 3.52. The Kier molecular flexibility index (Phi) is 4.61. The van der Waals surface area contributed by atoms with Crippen LogP contribution >= 0.6 is 0 Å². The lowest BCUT2D eigenvalue weighted by atomic mass is 9.92. The molecule has 1 aromatic rings. The van der Waals surface area contributed by atoms with Gasteiger partial charge in [0.15, 0.2) is 0 Å². The number of aromatic carboxylic acids is 1. The number of morpholine rings is 1. The highest BCUT2D eigenvalue weighted by Gasteiger charge is 2.38. The van der Waals surface area contributed by atoms with Crippen LogP contribution in [0.2, 0.25) is 0 Å². The first-order valence-electron chi connectivity index (χ1n) is 8.22. The molecule has 6 heteroatoms. The molecule has 2 fully saturated rings. The van der Waals surface area contributed by atoms with E-state index in [1.807, 2.05) is 0 Å². The van der Waals surface area contributed by atoms with E-state index >= 15 is 0 Å². The van der Waals surface area contributed by atoms with Gasteiger partial charge in [-0.3, -0.25) is 4.79 Å². The van der Waals surface area contributed by atoms with Crippen LogP contribution in [0.4, 0.5) is 0 Å². The van der Waals surface area contributed by atoms with Gasteiger partial charge in [-0.25, -0.2) is 9.78 Å². The molecule has 2 heterocycles. The van der Waals surface area contributed by atoms with E-state index in [0.717, 1.165) is 25.7 Å². The van der Waals surface area contributed by atoms with Gasteiger partial charge in [0, 0.05) is 18.3 Å². The normalized spacial score (nSPS) is 21.0. The van der Waals surface area contributed by atoms with Crippen LogP contribution in [-0.4, -0.2) is 52.2 Å². The lowest BCUT2D eigenvalue weighted by Crippen LogP contribution is -2.53. The average molecular weight is 318 g/mol. The largest absolute Gasteiger partial charge is 0.477 e. The molecular weight excluding hydrogens is 296 g/mol. The fourth-order valence-electron chi connectivity index (χ4n) is 3.56. The van der Waals surface area contributed by atoms with Gasteiger partial charge < -0.3 is 14.7 Å². The molecule has 1 aromatic heterocycles. The van der Waals surface area contributed by atoms with Gasteiger partial charge in [0.25, 0.3) is 5.91 Å². The molecule has 0 aromatic carbocycles. The maximum absolute atomic E-state index is 12.7.